The second-order valence-electron chi connectivity index (χ2n) is 5.43. The predicted octanol–water partition coefficient (Wildman–Crippen LogP) is 2.08. The fourth-order valence-corrected chi connectivity index (χ4v) is 1.84. The summed E-state index contributed by atoms with van der Waals surface area (Å²) in [6, 6.07) is 0.308. The molecule has 2 rings (SSSR count). The van der Waals surface area contributed by atoms with Crippen molar-refractivity contribution in [3.8, 4) is 0 Å². The molecule has 4 nitrogen and oxygen atoms in total. The van der Waals surface area contributed by atoms with Gasteiger partial charge in [0.1, 0.15) is 0 Å². The van der Waals surface area contributed by atoms with Crippen molar-refractivity contribution in [2.75, 3.05) is 6.54 Å². The van der Waals surface area contributed by atoms with Gasteiger partial charge < -0.3 is 9.84 Å². The fourth-order valence-electron chi connectivity index (χ4n) is 1.84. The van der Waals surface area contributed by atoms with E-state index in [4.69, 9.17) is 4.52 Å². The highest BCUT2D eigenvalue weighted by Crippen LogP contribution is 2.23. The van der Waals surface area contributed by atoms with Gasteiger partial charge >= 0.3 is 0 Å². The molecule has 1 N–H and O–H groups in total. The number of rotatable bonds is 2. The van der Waals surface area contributed by atoms with E-state index in [2.05, 4.69) is 36.2 Å². The Kier molecular flexibility index (Phi) is 2.78. The van der Waals surface area contributed by atoms with E-state index in [0.717, 1.165) is 31.1 Å². The minimum absolute atomic E-state index is 0.201. The zero-order valence-corrected chi connectivity index (χ0v) is 9.71. The molecule has 1 saturated heterocycles. The second kappa shape index (κ2) is 3.93. The molecular formula is C11H19N3O. The molecule has 0 saturated carbocycles. The Bertz CT molecular complexity index is 321. The number of nitrogens with zero attached hydrogens (tertiary/aromatic N) is 2. The van der Waals surface area contributed by atoms with Gasteiger partial charge in [0, 0.05) is 6.42 Å². The molecule has 84 valence electrons. The molecule has 1 atom stereocenters. The average molecular weight is 209 g/mol. The summed E-state index contributed by atoms with van der Waals surface area (Å²) in [5, 5.41) is 7.40. The van der Waals surface area contributed by atoms with Gasteiger partial charge in [0.2, 0.25) is 5.89 Å². The summed E-state index contributed by atoms with van der Waals surface area (Å²) >= 11 is 0. The monoisotopic (exact) mass is 209 g/mol. The minimum atomic E-state index is 0.201. The van der Waals surface area contributed by atoms with Crippen LogP contribution in [-0.4, -0.2) is 16.7 Å². The number of aromatic nitrogens is 2. The average Bonchev–Trinajstić information content (AvgIpc) is 2.68. The van der Waals surface area contributed by atoms with Crippen LogP contribution >= 0.6 is 0 Å². The summed E-state index contributed by atoms with van der Waals surface area (Å²) in [6.45, 7) is 7.58. The van der Waals surface area contributed by atoms with Gasteiger partial charge in [0.25, 0.3) is 0 Å². The lowest BCUT2D eigenvalue weighted by molar-refractivity contribution is 0.311. The van der Waals surface area contributed by atoms with Crippen LogP contribution in [0.15, 0.2) is 4.52 Å². The molecule has 1 aliphatic rings. The van der Waals surface area contributed by atoms with Crippen LogP contribution in [-0.2, 0) is 6.42 Å². The van der Waals surface area contributed by atoms with Gasteiger partial charge in [-0.25, -0.2) is 0 Å². The fraction of sp³-hybridized carbons (Fsp3) is 0.818. The normalized spacial score (nSPS) is 22.2. The molecule has 0 spiro atoms. The Morgan fingerprint density at radius 1 is 1.47 bits per heavy atom. The minimum Gasteiger partial charge on any atom is -0.339 e. The Morgan fingerprint density at radius 2 is 2.27 bits per heavy atom. The molecule has 1 aliphatic heterocycles. The van der Waals surface area contributed by atoms with E-state index >= 15 is 0 Å². The molecule has 4 heteroatoms. The highest BCUT2D eigenvalue weighted by molar-refractivity contribution is 4.97. The van der Waals surface area contributed by atoms with E-state index in [1.54, 1.807) is 0 Å². The maximum Gasteiger partial charge on any atom is 0.227 e. The van der Waals surface area contributed by atoms with Crippen molar-refractivity contribution in [3.05, 3.63) is 11.7 Å². The first-order valence-corrected chi connectivity index (χ1v) is 5.60. The Morgan fingerprint density at radius 3 is 2.87 bits per heavy atom. The quantitative estimate of drug-likeness (QED) is 0.810. The summed E-state index contributed by atoms with van der Waals surface area (Å²) in [4.78, 5) is 4.44. The van der Waals surface area contributed by atoms with Crippen molar-refractivity contribution in [2.24, 2.45) is 5.41 Å². The SMILES string of the molecule is CC(C)(C)Cc1nc(C2CCCN2)no1. The van der Waals surface area contributed by atoms with Crippen LogP contribution in [0.2, 0.25) is 0 Å². The smallest absolute Gasteiger partial charge is 0.227 e. The van der Waals surface area contributed by atoms with E-state index in [-0.39, 0.29) is 5.41 Å². The van der Waals surface area contributed by atoms with E-state index in [1.807, 2.05) is 0 Å². The number of hydrogen-bond acceptors (Lipinski definition) is 4. The highest BCUT2D eigenvalue weighted by Gasteiger charge is 2.23. The van der Waals surface area contributed by atoms with Gasteiger partial charge in [-0.3, -0.25) is 0 Å². The summed E-state index contributed by atoms with van der Waals surface area (Å²) in [5.41, 5.74) is 0.201. The molecule has 1 aromatic heterocycles. The molecule has 0 radical (unpaired) electrons. The maximum absolute atomic E-state index is 5.25. The van der Waals surface area contributed by atoms with Crippen LogP contribution in [0.5, 0.6) is 0 Å². The lowest BCUT2D eigenvalue weighted by Gasteiger charge is -2.13. The topological polar surface area (TPSA) is 51.0 Å². The van der Waals surface area contributed by atoms with Crippen molar-refractivity contribution < 1.29 is 4.52 Å². The summed E-state index contributed by atoms with van der Waals surface area (Å²) in [7, 11) is 0. The third-order valence-corrected chi connectivity index (χ3v) is 2.54. The summed E-state index contributed by atoms with van der Waals surface area (Å²) in [6.07, 6.45) is 3.16. The van der Waals surface area contributed by atoms with Crippen LogP contribution in [0.3, 0.4) is 0 Å². The Hall–Kier alpha value is -0.900. The zero-order chi connectivity index (χ0) is 10.9. The van der Waals surface area contributed by atoms with Crippen molar-refractivity contribution >= 4 is 0 Å². The van der Waals surface area contributed by atoms with Gasteiger partial charge in [-0.15, -0.1) is 0 Å². The Labute approximate surface area is 90.4 Å². The van der Waals surface area contributed by atoms with Crippen LogP contribution in [0, 0.1) is 5.41 Å². The molecule has 2 heterocycles. The van der Waals surface area contributed by atoms with Gasteiger partial charge in [-0.2, -0.15) is 4.98 Å². The number of hydrogen-bond donors (Lipinski definition) is 1. The van der Waals surface area contributed by atoms with Crippen molar-refractivity contribution in [1.29, 1.82) is 0 Å². The molecule has 0 bridgehead atoms. The summed E-state index contributed by atoms with van der Waals surface area (Å²) < 4.78 is 5.25. The number of nitrogens with one attached hydrogen (secondary N) is 1. The first-order valence-electron chi connectivity index (χ1n) is 5.60. The van der Waals surface area contributed by atoms with E-state index in [0.29, 0.717) is 6.04 Å². The standard InChI is InChI=1S/C11H19N3O/c1-11(2,3)7-9-13-10(14-15-9)8-5-4-6-12-8/h8,12H,4-7H2,1-3H3. The van der Waals surface area contributed by atoms with Gasteiger partial charge in [0.05, 0.1) is 6.04 Å². The lowest BCUT2D eigenvalue weighted by Crippen LogP contribution is -2.14. The van der Waals surface area contributed by atoms with Gasteiger partial charge in [-0.05, 0) is 24.8 Å². The molecule has 1 fully saturated rings. The van der Waals surface area contributed by atoms with Gasteiger partial charge in [-0.1, -0.05) is 25.9 Å². The molecule has 15 heavy (non-hydrogen) atoms. The molecule has 1 aromatic rings. The molecule has 1 unspecified atom stereocenters. The van der Waals surface area contributed by atoms with Crippen molar-refractivity contribution in [1.82, 2.24) is 15.5 Å². The third kappa shape index (κ3) is 2.78. The van der Waals surface area contributed by atoms with Crippen molar-refractivity contribution in [3.63, 3.8) is 0 Å². The van der Waals surface area contributed by atoms with Crippen molar-refractivity contribution in [2.45, 2.75) is 46.1 Å². The van der Waals surface area contributed by atoms with Crippen LogP contribution in [0.25, 0.3) is 0 Å². The predicted molar refractivity (Wildman–Crippen MR) is 57.4 cm³/mol. The van der Waals surface area contributed by atoms with Crippen LogP contribution < -0.4 is 5.32 Å². The molecule has 0 aromatic carbocycles. The third-order valence-electron chi connectivity index (χ3n) is 2.54. The maximum atomic E-state index is 5.25. The lowest BCUT2D eigenvalue weighted by atomic mass is 9.92. The molecule has 0 aliphatic carbocycles. The molecular weight excluding hydrogens is 190 g/mol. The highest BCUT2D eigenvalue weighted by atomic mass is 16.5. The molecule has 0 amide bonds. The van der Waals surface area contributed by atoms with Crippen LogP contribution in [0.1, 0.15) is 51.4 Å². The largest absolute Gasteiger partial charge is 0.339 e. The Balaban J connectivity index is 2.03. The van der Waals surface area contributed by atoms with E-state index in [9.17, 15) is 0 Å². The second-order valence-corrected chi connectivity index (χ2v) is 5.43. The van der Waals surface area contributed by atoms with E-state index < -0.39 is 0 Å². The summed E-state index contributed by atoms with van der Waals surface area (Å²) in [5.74, 6) is 1.58. The first-order chi connectivity index (χ1) is 7.04. The van der Waals surface area contributed by atoms with Crippen LogP contribution in [0.4, 0.5) is 0 Å². The van der Waals surface area contributed by atoms with E-state index in [1.165, 1.54) is 6.42 Å². The zero-order valence-electron chi connectivity index (χ0n) is 9.71. The first kappa shape index (κ1) is 10.6. The van der Waals surface area contributed by atoms with Gasteiger partial charge in [0.15, 0.2) is 5.82 Å².